The third kappa shape index (κ3) is 2.48. The normalized spacial score (nSPS) is 10.3. The van der Waals surface area contributed by atoms with E-state index < -0.39 is 0 Å². The zero-order valence-electron chi connectivity index (χ0n) is 6.47. The first-order valence-corrected chi connectivity index (χ1v) is 6.20. The predicted molar refractivity (Wildman–Crippen MR) is 59.3 cm³/mol. The molecule has 1 N–H and O–H groups in total. The molecule has 0 spiro atoms. The number of rotatable bonds is 2. The van der Waals surface area contributed by atoms with Crippen molar-refractivity contribution in [1.82, 2.24) is 0 Å². The van der Waals surface area contributed by atoms with Gasteiger partial charge in [0, 0.05) is 10.2 Å². The molecule has 60 valence electrons. The molecule has 0 aliphatic heterocycles. The molecule has 0 saturated carbocycles. The quantitative estimate of drug-likeness (QED) is 0.639. The van der Waals surface area contributed by atoms with Crippen LogP contribution in [0.25, 0.3) is 0 Å². The van der Waals surface area contributed by atoms with Gasteiger partial charge in [0.25, 0.3) is 0 Å². The van der Waals surface area contributed by atoms with Crippen LogP contribution in [0.15, 0.2) is 18.2 Å². The summed E-state index contributed by atoms with van der Waals surface area (Å²) >= 11 is 2.13. The maximum atomic E-state index is 9.33. The Morgan fingerprint density at radius 3 is 2.73 bits per heavy atom. The zero-order valence-corrected chi connectivity index (χ0v) is 10.6. The molecule has 0 aliphatic rings. The second-order valence-corrected chi connectivity index (χ2v) is 4.70. The second kappa shape index (κ2) is 4.11. The number of hydrogen-bond donors (Lipinski definition) is 1. The lowest BCUT2D eigenvalue weighted by Crippen LogP contribution is -1.84. The summed E-state index contributed by atoms with van der Waals surface area (Å²) in [4.78, 5) is 0. The molecule has 0 fully saturated rings. The lowest BCUT2D eigenvalue weighted by molar-refractivity contribution is 0.471. The fourth-order valence-electron chi connectivity index (χ4n) is 1.00. The van der Waals surface area contributed by atoms with E-state index in [1.807, 2.05) is 12.1 Å². The number of phenolic OH excluding ortho intramolecular Hbond substituents is 1. The molecule has 0 heterocycles. The van der Waals surface area contributed by atoms with Gasteiger partial charge in [-0.25, -0.2) is 0 Å². The molecule has 1 rings (SSSR count). The van der Waals surface area contributed by atoms with Crippen LogP contribution in [-0.4, -0.2) is 15.3 Å². The van der Waals surface area contributed by atoms with Gasteiger partial charge in [0.2, 0.25) is 0 Å². The Labute approximate surface area is 83.4 Å². The maximum absolute atomic E-state index is 9.33. The number of aryl methyl sites for hydroxylation is 1. The first kappa shape index (κ1) is 9.06. The first-order chi connectivity index (χ1) is 5.24. The Kier molecular flexibility index (Phi) is 3.38. The van der Waals surface area contributed by atoms with E-state index in [0.29, 0.717) is 5.75 Å². The van der Waals surface area contributed by atoms with Gasteiger partial charge in [-0.15, -0.1) is 0 Å². The molecule has 0 aromatic heterocycles. The highest BCUT2D eigenvalue weighted by molar-refractivity contribution is 14.1. The van der Waals surface area contributed by atoms with E-state index in [9.17, 15) is 5.11 Å². The summed E-state index contributed by atoms with van der Waals surface area (Å²) in [6, 6.07) is 7.17. The average molecular weight is 278 g/mol. The van der Waals surface area contributed by atoms with E-state index in [2.05, 4.69) is 28.7 Å². The Hall–Kier alpha value is -0.0331. The van der Waals surface area contributed by atoms with Gasteiger partial charge < -0.3 is 5.11 Å². The van der Waals surface area contributed by atoms with Crippen molar-refractivity contribution >= 4 is 32.8 Å². The summed E-state index contributed by atoms with van der Waals surface area (Å²) in [6.45, 7) is 0. The molecular formula is C8H11IOSi. The molecular weight excluding hydrogens is 267 g/mol. The van der Waals surface area contributed by atoms with Crippen molar-refractivity contribution in [2.45, 2.75) is 12.5 Å². The van der Waals surface area contributed by atoms with Crippen molar-refractivity contribution in [1.29, 1.82) is 0 Å². The highest BCUT2D eigenvalue weighted by Gasteiger charge is 1.97. The van der Waals surface area contributed by atoms with E-state index >= 15 is 0 Å². The van der Waals surface area contributed by atoms with Crippen molar-refractivity contribution in [2.24, 2.45) is 0 Å². The van der Waals surface area contributed by atoms with Crippen LogP contribution in [0.5, 0.6) is 5.75 Å². The van der Waals surface area contributed by atoms with Crippen LogP contribution >= 0.6 is 22.6 Å². The standard InChI is InChI=1S/C8H11IOSi/c9-7-2-1-6(3-4-11)5-8(7)10/h1-2,5,10H,3-4H2,11H3. The Morgan fingerprint density at radius 1 is 1.45 bits per heavy atom. The summed E-state index contributed by atoms with van der Waals surface area (Å²) in [5.74, 6) is 0.415. The first-order valence-electron chi connectivity index (χ1n) is 3.71. The second-order valence-electron chi connectivity index (χ2n) is 2.54. The third-order valence-corrected chi connectivity index (χ3v) is 2.96. The number of phenols is 1. The minimum atomic E-state index is 0.415. The topological polar surface area (TPSA) is 20.2 Å². The SMILES string of the molecule is Oc1cc(CC[SiH3])ccc1I. The summed E-state index contributed by atoms with van der Waals surface area (Å²) in [5, 5.41) is 9.33. The number of halogens is 1. The Bertz CT molecular complexity index is 250. The Morgan fingerprint density at radius 2 is 2.18 bits per heavy atom. The predicted octanol–water partition coefficient (Wildman–Crippen LogP) is 1.32. The minimum Gasteiger partial charge on any atom is -0.507 e. The highest BCUT2D eigenvalue weighted by Crippen LogP contribution is 2.20. The largest absolute Gasteiger partial charge is 0.507 e. The van der Waals surface area contributed by atoms with Crippen LogP contribution in [-0.2, 0) is 6.42 Å². The molecule has 0 amide bonds. The van der Waals surface area contributed by atoms with Gasteiger partial charge in [0.05, 0.1) is 3.57 Å². The summed E-state index contributed by atoms with van der Waals surface area (Å²) in [6.07, 6.45) is 1.11. The molecule has 11 heavy (non-hydrogen) atoms. The van der Waals surface area contributed by atoms with Gasteiger partial charge in [0.1, 0.15) is 5.75 Å². The Balaban J connectivity index is 2.86. The maximum Gasteiger partial charge on any atom is 0.129 e. The fraction of sp³-hybridized carbons (Fsp3) is 0.250. The van der Waals surface area contributed by atoms with Crippen LogP contribution in [0.3, 0.4) is 0 Å². The van der Waals surface area contributed by atoms with Crippen molar-refractivity contribution in [3.8, 4) is 5.75 Å². The average Bonchev–Trinajstić information content (AvgIpc) is 1.98. The van der Waals surface area contributed by atoms with E-state index in [4.69, 9.17) is 0 Å². The lowest BCUT2D eigenvalue weighted by atomic mass is 10.2. The van der Waals surface area contributed by atoms with Crippen LogP contribution in [0.1, 0.15) is 5.56 Å². The molecule has 0 unspecified atom stereocenters. The molecule has 3 heteroatoms. The van der Waals surface area contributed by atoms with Gasteiger partial charge in [-0.1, -0.05) is 12.1 Å². The molecule has 0 bridgehead atoms. The summed E-state index contributed by atoms with van der Waals surface area (Å²) in [7, 11) is 1.24. The molecule has 0 aliphatic carbocycles. The van der Waals surface area contributed by atoms with Crippen LogP contribution in [0, 0.1) is 3.57 Å². The van der Waals surface area contributed by atoms with Crippen molar-refractivity contribution in [2.75, 3.05) is 0 Å². The molecule has 0 atom stereocenters. The van der Waals surface area contributed by atoms with E-state index in [-0.39, 0.29) is 0 Å². The molecule has 1 aromatic rings. The van der Waals surface area contributed by atoms with E-state index in [0.717, 1.165) is 9.99 Å². The molecule has 0 saturated heterocycles. The fourth-order valence-corrected chi connectivity index (χ4v) is 1.92. The van der Waals surface area contributed by atoms with Crippen LogP contribution < -0.4 is 0 Å². The number of benzene rings is 1. The third-order valence-electron chi connectivity index (χ3n) is 1.55. The smallest absolute Gasteiger partial charge is 0.129 e. The van der Waals surface area contributed by atoms with Gasteiger partial charge in [0.15, 0.2) is 0 Å². The number of aromatic hydroxyl groups is 1. The van der Waals surface area contributed by atoms with Gasteiger partial charge in [-0.3, -0.25) is 0 Å². The molecule has 1 aromatic carbocycles. The van der Waals surface area contributed by atoms with Gasteiger partial charge in [-0.2, -0.15) is 0 Å². The molecule has 1 nitrogen and oxygen atoms in total. The van der Waals surface area contributed by atoms with E-state index in [1.54, 1.807) is 0 Å². The lowest BCUT2D eigenvalue weighted by Gasteiger charge is -2.00. The zero-order chi connectivity index (χ0) is 8.27. The summed E-state index contributed by atoms with van der Waals surface area (Å²) < 4.78 is 0.930. The highest BCUT2D eigenvalue weighted by atomic mass is 127. The van der Waals surface area contributed by atoms with Crippen molar-refractivity contribution < 1.29 is 5.11 Å². The van der Waals surface area contributed by atoms with Crippen LogP contribution in [0.2, 0.25) is 6.04 Å². The number of hydrogen-bond acceptors (Lipinski definition) is 1. The monoisotopic (exact) mass is 278 g/mol. The van der Waals surface area contributed by atoms with Crippen molar-refractivity contribution in [3.05, 3.63) is 27.3 Å². The molecule has 0 radical (unpaired) electrons. The summed E-state index contributed by atoms with van der Waals surface area (Å²) in [5.41, 5.74) is 1.25. The van der Waals surface area contributed by atoms with E-state index in [1.165, 1.54) is 21.9 Å². The van der Waals surface area contributed by atoms with Gasteiger partial charge >= 0.3 is 0 Å². The van der Waals surface area contributed by atoms with Crippen molar-refractivity contribution in [3.63, 3.8) is 0 Å². The van der Waals surface area contributed by atoms with Crippen LogP contribution in [0.4, 0.5) is 0 Å². The van der Waals surface area contributed by atoms with Gasteiger partial charge in [-0.05, 0) is 46.7 Å². The minimum absolute atomic E-state index is 0.415.